The van der Waals surface area contributed by atoms with E-state index in [9.17, 15) is 17.2 Å². The summed E-state index contributed by atoms with van der Waals surface area (Å²) in [4.78, 5) is -0.879. The predicted octanol–water partition coefficient (Wildman–Crippen LogP) is 4.49. The zero-order chi connectivity index (χ0) is 18.0. The van der Waals surface area contributed by atoms with Gasteiger partial charge in [-0.1, -0.05) is 35.9 Å². The van der Waals surface area contributed by atoms with Crippen LogP contribution in [0.1, 0.15) is 17.2 Å². The van der Waals surface area contributed by atoms with Gasteiger partial charge in [0.15, 0.2) is 4.90 Å². The lowest BCUT2D eigenvalue weighted by atomic mass is 10.1. The molecule has 0 radical (unpaired) electrons. The molecular formula is C17H16ClF2NO2S2. The maximum atomic E-state index is 13.9. The molecule has 1 saturated heterocycles. The van der Waals surface area contributed by atoms with Crippen molar-refractivity contribution in [3.63, 3.8) is 0 Å². The molecule has 1 aliphatic rings. The molecule has 2 aromatic carbocycles. The summed E-state index contributed by atoms with van der Waals surface area (Å²) in [5.74, 6) is -1.62. The van der Waals surface area contributed by atoms with Crippen molar-refractivity contribution in [1.82, 2.24) is 4.31 Å². The van der Waals surface area contributed by atoms with Crippen LogP contribution in [0.25, 0.3) is 0 Å². The Hall–Kier alpha value is -1.15. The van der Waals surface area contributed by atoms with Crippen molar-refractivity contribution in [2.75, 3.05) is 18.8 Å². The van der Waals surface area contributed by atoms with Crippen molar-refractivity contribution < 1.29 is 17.2 Å². The number of sulfonamides is 1. The summed E-state index contributed by atoms with van der Waals surface area (Å²) in [5, 5.41) is 0.677. The van der Waals surface area contributed by atoms with Gasteiger partial charge in [0.2, 0.25) is 10.0 Å². The highest BCUT2D eigenvalue weighted by molar-refractivity contribution is 7.99. The molecule has 25 heavy (non-hydrogen) atoms. The molecule has 2 aromatic rings. The first-order chi connectivity index (χ1) is 11.9. The SMILES string of the molecule is O=S(=O)(c1c(F)cccc1F)N1CCSC(c2ccccc2Cl)CC1. The second kappa shape index (κ2) is 7.61. The van der Waals surface area contributed by atoms with Gasteiger partial charge in [-0.15, -0.1) is 0 Å². The molecule has 1 atom stereocenters. The fraction of sp³-hybridized carbons (Fsp3) is 0.294. The fourth-order valence-corrected chi connectivity index (χ4v) is 6.11. The van der Waals surface area contributed by atoms with E-state index < -0.39 is 26.6 Å². The van der Waals surface area contributed by atoms with Gasteiger partial charge in [0.1, 0.15) is 11.6 Å². The third kappa shape index (κ3) is 3.84. The third-order valence-corrected chi connectivity index (χ3v) is 7.67. The van der Waals surface area contributed by atoms with Gasteiger partial charge in [-0.2, -0.15) is 16.1 Å². The summed E-state index contributed by atoms with van der Waals surface area (Å²) in [6.07, 6.45) is 0.518. The van der Waals surface area contributed by atoms with Gasteiger partial charge in [0.25, 0.3) is 0 Å². The van der Waals surface area contributed by atoms with Crippen LogP contribution in [0.2, 0.25) is 5.02 Å². The molecule has 0 aliphatic carbocycles. The van der Waals surface area contributed by atoms with E-state index in [1.54, 1.807) is 17.8 Å². The minimum atomic E-state index is -4.23. The highest BCUT2D eigenvalue weighted by atomic mass is 35.5. The second-order valence-corrected chi connectivity index (χ2v) is 9.22. The van der Waals surface area contributed by atoms with E-state index in [-0.39, 0.29) is 18.3 Å². The fourth-order valence-electron chi connectivity index (χ4n) is 2.83. The van der Waals surface area contributed by atoms with Gasteiger partial charge in [-0.05, 0) is 30.2 Å². The van der Waals surface area contributed by atoms with E-state index in [1.807, 2.05) is 18.2 Å². The molecule has 0 spiro atoms. The minimum Gasteiger partial charge on any atom is -0.207 e. The van der Waals surface area contributed by atoms with Crippen LogP contribution in [0.15, 0.2) is 47.4 Å². The van der Waals surface area contributed by atoms with E-state index in [2.05, 4.69) is 0 Å². The Balaban J connectivity index is 1.85. The lowest BCUT2D eigenvalue weighted by molar-refractivity contribution is 0.417. The number of benzene rings is 2. The van der Waals surface area contributed by atoms with Crippen molar-refractivity contribution >= 4 is 33.4 Å². The summed E-state index contributed by atoms with van der Waals surface area (Å²) < 4.78 is 54.4. The maximum absolute atomic E-state index is 13.9. The van der Waals surface area contributed by atoms with E-state index in [1.165, 1.54) is 0 Å². The number of hydrogen-bond donors (Lipinski definition) is 0. The molecule has 3 nitrogen and oxygen atoms in total. The molecule has 0 aromatic heterocycles. The van der Waals surface area contributed by atoms with E-state index in [0.717, 1.165) is 28.1 Å². The Labute approximate surface area is 155 Å². The van der Waals surface area contributed by atoms with Crippen LogP contribution in [0.3, 0.4) is 0 Å². The minimum absolute atomic E-state index is 0.0411. The van der Waals surface area contributed by atoms with E-state index in [4.69, 9.17) is 11.6 Å². The summed E-state index contributed by atoms with van der Waals surface area (Å²) >= 11 is 7.83. The van der Waals surface area contributed by atoms with E-state index >= 15 is 0 Å². The largest absolute Gasteiger partial charge is 0.248 e. The van der Waals surface area contributed by atoms with Crippen molar-refractivity contribution in [3.05, 3.63) is 64.7 Å². The highest BCUT2D eigenvalue weighted by Gasteiger charge is 2.33. The van der Waals surface area contributed by atoms with Gasteiger partial charge in [-0.3, -0.25) is 0 Å². The second-order valence-electron chi connectivity index (χ2n) is 5.62. The Bertz CT molecular complexity index is 856. The molecule has 0 saturated carbocycles. The summed E-state index contributed by atoms with van der Waals surface area (Å²) in [5.41, 5.74) is 0.950. The zero-order valence-corrected chi connectivity index (χ0v) is 15.6. The first kappa shape index (κ1) is 18.6. The van der Waals surface area contributed by atoms with Gasteiger partial charge in [0.05, 0.1) is 0 Å². The molecule has 0 amide bonds. The first-order valence-corrected chi connectivity index (χ1v) is 10.6. The number of hydrogen-bond acceptors (Lipinski definition) is 3. The average molecular weight is 404 g/mol. The van der Waals surface area contributed by atoms with Crippen molar-refractivity contribution in [1.29, 1.82) is 0 Å². The molecule has 8 heteroatoms. The molecule has 134 valence electrons. The summed E-state index contributed by atoms with van der Waals surface area (Å²) in [7, 11) is -4.23. The Morgan fingerprint density at radius 2 is 1.72 bits per heavy atom. The number of thioether (sulfide) groups is 1. The lowest BCUT2D eigenvalue weighted by Gasteiger charge is -2.20. The Morgan fingerprint density at radius 1 is 1.04 bits per heavy atom. The van der Waals surface area contributed by atoms with E-state index in [0.29, 0.717) is 17.2 Å². The van der Waals surface area contributed by atoms with Crippen molar-refractivity contribution in [2.45, 2.75) is 16.6 Å². The number of nitrogens with zero attached hydrogens (tertiary/aromatic N) is 1. The van der Waals surface area contributed by atoms with Gasteiger partial charge in [-0.25, -0.2) is 17.2 Å². The first-order valence-electron chi connectivity index (χ1n) is 7.71. The molecule has 0 N–H and O–H groups in total. The standard InChI is InChI=1S/C17H16ClF2NO2S2/c18-13-5-2-1-4-12(13)16-8-9-21(10-11-24-16)25(22,23)17-14(19)6-3-7-15(17)20/h1-7,16H,8-11H2. The summed E-state index contributed by atoms with van der Waals surface area (Å²) in [6, 6.07) is 10.5. The van der Waals surface area contributed by atoms with Crippen LogP contribution in [-0.4, -0.2) is 31.6 Å². The van der Waals surface area contributed by atoms with Crippen molar-refractivity contribution in [2.24, 2.45) is 0 Å². The smallest absolute Gasteiger partial charge is 0.207 e. The molecule has 1 heterocycles. The average Bonchev–Trinajstić information content (AvgIpc) is 2.81. The van der Waals surface area contributed by atoms with Gasteiger partial charge >= 0.3 is 0 Å². The molecular weight excluding hydrogens is 388 g/mol. The Kier molecular flexibility index (Phi) is 5.68. The highest BCUT2D eigenvalue weighted by Crippen LogP contribution is 2.38. The zero-order valence-electron chi connectivity index (χ0n) is 13.2. The molecule has 1 unspecified atom stereocenters. The van der Waals surface area contributed by atoms with Gasteiger partial charge < -0.3 is 0 Å². The van der Waals surface area contributed by atoms with Crippen LogP contribution in [-0.2, 0) is 10.0 Å². The predicted molar refractivity (Wildman–Crippen MR) is 96.4 cm³/mol. The maximum Gasteiger partial charge on any atom is 0.248 e. The lowest BCUT2D eigenvalue weighted by Crippen LogP contribution is -2.34. The monoisotopic (exact) mass is 403 g/mol. The molecule has 1 fully saturated rings. The van der Waals surface area contributed by atoms with Crippen LogP contribution >= 0.6 is 23.4 Å². The van der Waals surface area contributed by atoms with Crippen LogP contribution in [0.4, 0.5) is 8.78 Å². The number of halogens is 3. The number of rotatable bonds is 3. The quantitative estimate of drug-likeness (QED) is 0.757. The third-order valence-electron chi connectivity index (χ3n) is 4.07. The Morgan fingerprint density at radius 3 is 2.40 bits per heavy atom. The topological polar surface area (TPSA) is 37.4 Å². The van der Waals surface area contributed by atoms with Crippen LogP contribution < -0.4 is 0 Å². The van der Waals surface area contributed by atoms with Crippen molar-refractivity contribution in [3.8, 4) is 0 Å². The molecule has 3 rings (SSSR count). The molecule has 1 aliphatic heterocycles. The summed E-state index contributed by atoms with van der Waals surface area (Å²) in [6.45, 7) is 0.376. The normalized spacial score (nSPS) is 19.6. The van der Waals surface area contributed by atoms with Crippen LogP contribution in [0, 0.1) is 11.6 Å². The molecule has 0 bridgehead atoms. The van der Waals surface area contributed by atoms with Crippen LogP contribution in [0.5, 0.6) is 0 Å². The van der Waals surface area contributed by atoms with Gasteiger partial charge in [0, 0.05) is 29.1 Å².